The van der Waals surface area contributed by atoms with Crippen molar-refractivity contribution in [3.63, 3.8) is 0 Å². The van der Waals surface area contributed by atoms with Crippen molar-refractivity contribution in [1.82, 2.24) is 0 Å². The van der Waals surface area contributed by atoms with Crippen molar-refractivity contribution in [2.45, 2.75) is 26.8 Å². The summed E-state index contributed by atoms with van der Waals surface area (Å²) in [6, 6.07) is 0.354. The van der Waals surface area contributed by atoms with Gasteiger partial charge in [0.05, 0.1) is 0 Å². The van der Waals surface area contributed by atoms with E-state index in [2.05, 4.69) is 0 Å². The number of rotatable bonds is 10. The maximum absolute atomic E-state index is 10.6. The molecule has 0 fully saturated rings. The molecule has 0 radical (unpaired) electrons. The number of hydrogen-bond acceptors (Lipinski definition) is 6. The molecular formula is C8H20O6S2Si. The largest absolute Gasteiger partial charge is 0.501 e. The second-order valence-electron chi connectivity index (χ2n) is 2.98. The Morgan fingerprint density at radius 2 is 1.47 bits per heavy atom. The summed E-state index contributed by atoms with van der Waals surface area (Å²) >= 11 is 0. The second kappa shape index (κ2) is 8.46. The molecule has 0 spiro atoms. The summed E-state index contributed by atoms with van der Waals surface area (Å²) in [4.78, 5) is 0. The fourth-order valence-electron chi connectivity index (χ4n) is 1.27. The molecule has 0 aliphatic heterocycles. The Labute approximate surface area is 108 Å². The van der Waals surface area contributed by atoms with Crippen LogP contribution in [-0.2, 0) is 22.4 Å². The maximum Gasteiger partial charge on any atom is 0.501 e. The van der Waals surface area contributed by atoms with Crippen molar-refractivity contribution in [3.05, 3.63) is 0 Å². The highest BCUT2D eigenvalue weighted by molar-refractivity contribution is 8.69. The molecule has 0 bridgehead atoms. The first-order valence-corrected chi connectivity index (χ1v) is 10.3. The van der Waals surface area contributed by atoms with Crippen molar-refractivity contribution in [2.24, 2.45) is 0 Å². The molecule has 104 valence electrons. The molecule has 0 saturated carbocycles. The van der Waals surface area contributed by atoms with Gasteiger partial charge in [0.2, 0.25) is 0 Å². The Kier molecular flexibility index (Phi) is 8.63. The highest BCUT2D eigenvalue weighted by atomic mass is 33.1. The normalized spacial score (nSPS) is 12.9. The standard InChI is InChI=1S/C8H20O6S2Si/c1-4-12-17(13-5-2,14-6-3)8-7-15-16(9,10)11/h4-8H2,1-3H3,(H,9,10,11). The molecular weight excluding hydrogens is 284 g/mol. The molecule has 0 aromatic heterocycles. The molecule has 0 amide bonds. The Hall–Kier alpha value is 0.357. The fraction of sp³-hybridized carbons (Fsp3) is 1.00. The minimum atomic E-state index is -4.02. The van der Waals surface area contributed by atoms with Gasteiger partial charge in [0.1, 0.15) is 0 Å². The molecule has 17 heavy (non-hydrogen) atoms. The van der Waals surface area contributed by atoms with E-state index < -0.39 is 18.0 Å². The predicted molar refractivity (Wildman–Crippen MR) is 69.4 cm³/mol. The SMILES string of the molecule is CCO[Si](CCSS(=O)(=O)O)(OCC)OCC. The molecule has 0 saturated heterocycles. The fourth-order valence-corrected chi connectivity index (χ4v) is 6.20. The van der Waals surface area contributed by atoms with Crippen LogP contribution in [-0.4, -0.2) is 47.3 Å². The van der Waals surface area contributed by atoms with Crippen LogP contribution < -0.4 is 0 Å². The van der Waals surface area contributed by atoms with E-state index in [1.165, 1.54) is 0 Å². The molecule has 6 nitrogen and oxygen atoms in total. The third-order valence-corrected chi connectivity index (χ3v) is 7.21. The summed E-state index contributed by atoms with van der Waals surface area (Å²) in [5.41, 5.74) is 0. The van der Waals surface area contributed by atoms with Crippen molar-refractivity contribution < 1.29 is 26.2 Å². The highest BCUT2D eigenvalue weighted by Crippen LogP contribution is 2.21. The van der Waals surface area contributed by atoms with Crippen LogP contribution in [0.5, 0.6) is 0 Å². The van der Waals surface area contributed by atoms with Crippen LogP contribution in [0, 0.1) is 0 Å². The van der Waals surface area contributed by atoms with Crippen LogP contribution in [0.2, 0.25) is 6.04 Å². The molecule has 0 aliphatic rings. The van der Waals surface area contributed by atoms with E-state index >= 15 is 0 Å². The van der Waals surface area contributed by atoms with Crippen LogP contribution in [0.1, 0.15) is 20.8 Å². The topological polar surface area (TPSA) is 82.1 Å². The van der Waals surface area contributed by atoms with Crippen LogP contribution in [0.3, 0.4) is 0 Å². The van der Waals surface area contributed by atoms with E-state index in [0.717, 1.165) is 0 Å². The number of hydrogen-bond donors (Lipinski definition) is 1. The van der Waals surface area contributed by atoms with Gasteiger partial charge in [0.15, 0.2) is 0 Å². The Bertz CT molecular complexity index is 277. The average molecular weight is 304 g/mol. The Morgan fingerprint density at radius 3 is 1.76 bits per heavy atom. The zero-order chi connectivity index (χ0) is 13.4. The lowest BCUT2D eigenvalue weighted by atomic mass is 10.9. The molecule has 0 atom stereocenters. The van der Waals surface area contributed by atoms with Gasteiger partial charge in [-0.3, -0.25) is 4.55 Å². The van der Waals surface area contributed by atoms with Crippen molar-refractivity contribution in [3.8, 4) is 0 Å². The van der Waals surface area contributed by atoms with Gasteiger partial charge in [-0.15, -0.1) is 0 Å². The quantitative estimate of drug-likeness (QED) is 0.372. The van der Waals surface area contributed by atoms with E-state index in [1.54, 1.807) is 0 Å². The molecule has 0 aromatic carbocycles. The van der Waals surface area contributed by atoms with E-state index in [4.69, 9.17) is 17.8 Å². The maximum atomic E-state index is 10.6. The van der Waals surface area contributed by atoms with Crippen LogP contribution in [0.15, 0.2) is 0 Å². The first kappa shape index (κ1) is 17.4. The monoisotopic (exact) mass is 304 g/mol. The van der Waals surface area contributed by atoms with E-state index in [0.29, 0.717) is 36.7 Å². The van der Waals surface area contributed by atoms with Gasteiger partial charge >= 0.3 is 18.0 Å². The van der Waals surface area contributed by atoms with Crippen LogP contribution in [0.25, 0.3) is 0 Å². The van der Waals surface area contributed by atoms with Crippen molar-refractivity contribution >= 4 is 28.7 Å². The third kappa shape index (κ3) is 8.14. The second-order valence-corrected chi connectivity index (χ2v) is 9.18. The Balaban J connectivity index is 4.43. The van der Waals surface area contributed by atoms with Gasteiger partial charge in [-0.05, 0) is 31.6 Å². The highest BCUT2D eigenvalue weighted by Gasteiger charge is 2.40. The summed E-state index contributed by atoms with van der Waals surface area (Å²) < 4.78 is 46.4. The molecule has 9 heteroatoms. The summed E-state index contributed by atoms with van der Waals surface area (Å²) in [6.45, 7) is 6.83. The van der Waals surface area contributed by atoms with Gasteiger partial charge in [-0.1, -0.05) is 0 Å². The lowest BCUT2D eigenvalue weighted by Gasteiger charge is -2.28. The van der Waals surface area contributed by atoms with E-state index in [9.17, 15) is 8.42 Å². The summed E-state index contributed by atoms with van der Waals surface area (Å²) in [7, 11) is -6.35. The van der Waals surface area contributed by atoms with Gasteiger partial charge in [-0.25, -0.2) is 0 Å². The molecule has 0 heterocycles. The zero-order valence-electron chi connectivity index (χ0n) is 10.3. The van der Waals surface area contributed by atoms with Crippen molar-refractivity contribution in [2.75, 3.05) is 25.6 Å². The summed E-state index contributed by atoms with van der Waals surface area (Å²) in [6.07, 6.45) is 0. The first-order valence-electron chi connectivity index (χ1n) is 5.42. The summed E-state index contributed by atoms with van der Waals surface area (Å²) in [5.74, 6) is 0.186. The van der Waals surface area contributed by atoms with E-state index in [-0.39, 0.29) is 5.75 Å². The Morgan fingerprint density at radius 1 is 1.06 bits per heavy atom. The molecule has 0 rings (SSSR count). The molecule has 0 aromatic rings. The summed E-state index contributed by atoms with van der Waals surface area (Å²) in [5, 5.41) is 0. The molecule has 0 aliphatic carbocycles. The van der Waals surface area contributed by atoms with E-state index in [1.807, 2.05) is 20.8 Å². The van der Waals surface area contributed by atoms with Crippen LogP contribution >= 0.6 is 10.8 Å². The van der Waals surface area contributed by atoms with Gasteiger partial charge < -0.3 is 13.3 Å². The minimum Gasteiger partial charge on any atom is -0.374 e. The van der Waals surface area contributed by atoms with Gasteiger partial charge in [0, 0.05) is 31.6 Å². The minimum absolute atomic E-state index is 0.186. The lowest BCUT2D eigenvalue weighted by molar-refractivity contribution is 0.0729. The first-order chi connectivity index (χ1) is 7.89. The lowest BCUT2D eigenvalue weighted by Crippen LogP contribution is -2.46. The molecule has 1 N–H and O–H groups in total. The zero-order valence-corrected chi connectivity index (χ0v) is 13.0. The van der Waals surface area contributed by atoms with Gasteiger partial charge in [0.25, 0.3) is 0 Å². The average Bonchev–Trinajstić information content (AvgIpc) is 2.16. The van der Waals surface area contributed by atoms with Crippen molar-refractivity contribution in [1.29, 1.82) is 0 Å². The third-order valence-electron chi connectivity index (χ3n) is 1.73. The van der Waals surface area contributed by atoms with Crippen LogP contribution in [0.4, 0.5) is 0 Å². The predicted octanol–water partition coefficient (Wildman–Crippen LogP) is 1.57. The van der Waals surface area contributed by atoms with Gasteiger partial charge in [-0.2, -0.15) is 8.42 Å². The smallest absolute Gasteiger partial charge is 0.374 e. The molecule has 0 unspecified atom stereocenters.